The summed E-state index contributed by atoms with van der Waals surface area (Å²) < 4.78 is 7.66. The van der Waals surface area contributed by atoms with Gasteiger partial charge in [0.1, 0.15) is 17.5 Å². The number of pyridine rings is 1. The zero-order valence-corrected chi connectivity index (χ0v) is 19.1. The van der Waals surface area contributed by atoms with Crippen LogP contribution in [0.1, 0.15) is 37.0 Å². The number of nitro benzene ring substituents is 1. The van der Waals surface area contributed by atoms with Crippen LogP contribution in [0.4, 0.5) is 5.69 Å². The van der Waals surface area contributed by atoms with Crippen LogP contribution in [0.2, 0.25) is 0 Å². The highest BCUT2D eigenvalue weighted by Gasteiger charge is 2.22. The molecule has 31 heavy (non-hydrogen) atoms. The van der Waals surface area contributed by atoms with Crippen LogP contribution in [0.15, 0.2) is 58.6 Å². The van der Waals surface area contributed by atoms with Gasteiger partial charge in [0.05, 0.1) is 22.9 Å². The average molecular weight is 458 g/mol. The van der Waals surface area contributed by atoms with E-state index in [9.17, 15) is 10.1 Å². The smallest absolute Gasteiger partial charge is 0.270 e. The Labute approximate surface area is 190 Å². The highest BCUT2D eigenvalue weighted by Crippen LogP contribution is 2.36. The van der Waals surface area contributed by atoms with E-state index in [1.807, 2.05) is 28.8 Å². The van der Waals surface area contributed by atoms with Crippen molar-refractivity contribution < 1.29 is 9.66 Å². The summed E-state index contributed by atoms with van der Waals surface area (Å²) in [4.78, 5) is 20.8. The predicted octanol–water partition coefficient (Wildman–Crippen LogP) is 4.53. The van der Waals surface area contributed by atoms with Gasteiger partial charge in [-0.05, 0) is 36.3 Å². The number of non-ortho nitro benzene ring substituents is 1. The molecule has 0 spiro atoms. The van der Waals surface area contributed by atoms with Crippen LogP contribution in [0.5, 0.6) is 0 Å². The summed E-state index contributed by atoms with van der Waals surface area (Å²) in [6.45, 7) is 4.81. The Morgan fingerprint density at radius 1 is 1.32 bits per heavy atom. The van der Waals surface area contributed by atoms with Crippen LogP contribution >= 0.6 is 24.0 Å². The molecule has 0 atom stereocenters. The molecule has 0 radical (unpaired) electrons. The Morgan fingerprint density at radius 3 is 2.77 bits per heavy atom. The molecule has 0 fully saturated rings. The standard InChI is InChI=1S/C21H23N5O3S2/c1-14(2)19-20(31-17-9-6-8-16(11-17)26(27)28)25(12-15-7-4-5-10-23-15)18(24-19)13-29-21(30)22-3/h4-11,14H,12-13H2,1-3H3,(H,22,30). The zero-order valence-electron chi connectivity index (χ0n) is 17.4. The molecule has 3 rings (SSSR count). The van der Waals surface area contributed by atoms with Gasteiger partial charge in [-0.3, -0.25) is 15.1 Å². The van der Waals surface area contributed by atoms with Gasteiger partial charge >= 0.3 is 0 Å². The van der Waals surface area contributed by atoms with E-state index < -0.39 is 4.92 Å². The van der Waals surface area contributed by atoms with Crippen molar-refractivity contribution in [2.24, 2.45) is 0 Å². The van der Waals surface area contributed by atoms with Crippen LogP contribution in [0.3, 0.4) is 0 Å². The minimum atomic E-state index is -0.392. The summed E-state index contributed by atoms with van der Waals surface area (Å²) in [5, 5.41) is 15.2. The minimum absolute atomic E-state index is 0.0508. The fourth-order valence-corrected chi connectivity index (χ4v) is 4.16. The molecule has 3 aromatic rings. The number of hydrogen-bond acceptors (Lipinski definition) is 7. The molecule has 162 valence electrons. The van der Waals surface area contributed by atoms with Gasteiger partial charge in [0.15, 0.2) is 0 Å². The van der Waals surface area contributed by atoms with Crippen LogP contribution in [0.25, 0.3) is 0 Å². The van der Waals surface area contributed by atoms with Crippen molar-refractivity contribution in [3.63, 3.8) is 0 Å². The van der Waals surface area contributed by atoms with Crippen molar-refractivity contribution in [3.8, 4) is 0 Å². The third kappa shape index (κ3) is 5.80. The first-order valence-corrected chi connectivity index (χ1v) is 10.9. The lowest BCUT2D eigenvalue weighted by molar-refractivity contribution is -0.385. The number of nitrogens with one attached hydrogen (secondary N) is 1. The number of aromatic nitrogens is 3. The number of benzene rings is 1. The molecule has 0 saturated heterocycles. The summed E-state index contributed by atoms with van der Waals surface area (Å²) in [7, 11) is 1.70. The Hall–Kier alpha value is -2.98. The molecule has 1 aromatic carbocycles. The van der Waals surface area contributed by atoms with Gasteiger partial charge in [0.25, 0.3) is 10.9 Å². The highest BCUT2D eigenvalue weighted by molar-refractivity contribution is 7.99. The van der Waals surface area contributed by atoms with Crippen molar-refractivity contribution >= 4 is 34.8 Å². The molecule has 0 aliphatic rings. The van der Waals surface area contributed by atoms with E-state index in [1.54, 1.807) is 25.4 Å². The largest absolute Gasteiger partial charge is 0.463 e. The lowest BCUT2D eigenvalue weighted by Crippen LogP contribution is -2.20. The highest BCUT2D eigenvalue weighted by atomic mass is 32.2. The first kappa shape index (κ1) is 22.7. The van der Waals surface area contributed by atoms with Gasteiger partial charge in [-0.15, -0.1) is 0 Å². The number of imidazole rings is 1. The van der Waals surface area contributed by atoms with Crippen molar-refractivity contribution in [2.75, 3.05) is 7.05 Å². The van der Waals surface area contributed by atoms with Crippen LogP contribution in [-0.2, 0) is 17.9 Å². The van der Waals surface area contributed by atoms with Gasteiger partial charge in [-0.2, -0.15) is 0 Å². The van der Waals surface area contributed by atoms with Gasteiger partial charge in [-0.1, -0.05) is 37.7 Å². The minimum Gasteiger partial charge on any atom is -0.463 e. The van der Waals surface area contributed by atoms with Gasteiger partial charge < -0.3 is 14.6 Å². The van der Waals surface area contributed by atoms with Gasteiger partial charge in [0.2, 0.25) is 0 Å². The summed E-state index contributed by atoms with van der Waals surface area (Å²) in [5.74, 6) is 0.848. The maximum absolute atomic E-state index is 11.2. The summed E-state index contributed by atoms with van der Waals surface area (Å²) in [5.41, 5.74) is 1.81. The van der Waals surface area contributed by atoms with Crippen LogP contribution in [-0.4, -0.2) is 31.7 Å². The number of nitro groups is 1. The van der Waals surface area contributed by atoms with Crippen molar-refractivity contribution in [3.05, 3.63) is 76.0 Å². The molecule has 0 aliphatic carbocycles. The quantitative estimate of drug-likeness (QED) is 0.299. The van der Waals surface area contributed by atoms with Crippen LogP contribution in [0, 0.1) is 10.1 Å². The second-order valence-corrected chi connectivity index (χ2v) is 8.40. The molecule has 2 aromatic heterocycles. The molecule has 0 aliphatic heterocycles. The number of nitrogens with zero attached hydrogens (tertiary/aromatic N) is 4. The van der Waals surface area contributed by atoms with E-state index in [1.165, 1.54) is 17.8 Å². The zero-order chi connectivity index (χ0) is 22.4. The maximum Gasteiger partial charge on any atom is 0.270 e. The summed E-state index contributed by atoms with van der Waals surface area (Å²) >= 11 is 6.56. The molecule has 0 amide bonds. The van der Waals surface area contributed by atoms with Gasteiger partial charge in [0, 0.05) is 30.3 Å². The third-order valence-corrected chi connectivity index (χ3v) is 5.83. The monoisotopic (exact) mass is 457 g/mol. The molecule has 2 heterocycles. The topological polar surface area (TPSA) is 95.1 Å². The van der Waals surface area contributed by atoms with Gasteiger partial charge in [-0.25, -0.2) is 4.98 Å². The Bertz CT molecular complexity index is 1070. The molecule has 0 bridgehead atoms. The predicted molar refractivity (Wildman–Crippen MR) is 123 cm³/mol. The SMILES string of the molecule is CNC(=S)OCc1nc(C(C)C)c(Sc2cccc([N+](=O)[O-])c2)n1Cc1ccccn1. The van der Waals surface area contributed by atoms with E-state index >= 15 is 0 Å². The second-order valence-electron chi connectivity index (χ2n) is 6.96. The molecule has 1 N–H and O–H groups in total. The molecule has 0 unspecified atom stereocenters. The Balaban J connectivity index is 2.05. The van der Waals surface area contributed by atoms with E-state index in [-0.39, 0.29) is 23.4 Å². The molecule has 10 heteroatoms. The average Bonchev–Trinajstić information content (AvgIpc) is 3.10. The summed E-state index contributed by atoms with van der Waals surface area (Å²) in [6, 6.07) is 12.3. The second kappa shape index (κ2) is 10.4. The molecule has 0 saturated carbocycles. The van der Waals surface area contributed by atoms with E-state index in [2.05, 4.69) is 24.1 Å². The maximum atomic E-state index is 11.2. The number of thiocarbonyl (C=S) groups is 1. The Morgan fingerprint density at radius 2 is 2.13 bits per heavy atom. The fourth-order valence-electron chi connectivity index (χ4n) is 2.89. The van der Waals surface area contributed by atoms with E-state index in [0.29, 0.717) is 12.4 Å². The molecular weight excluding hydrogens is 434 g/mol. The summed E-state index contributed by atoms with van der Waals surface area (Å²) in [6.07, 6.45) is 1.75. The van der Waals surface area contributed by atoms with Crippen molar-refractivity contribution in [2.45, 2.75) is 42.8 Å². The molecular formula is C21H23N5O3S2. The van der Waals surface area contributed by atoms with Crippen LogP contribution < -0.4 is 5.32 Å². The number of rotatable bonds is 8. The first-order chi connectivity index (χ1) is 14.9. The van der Waals surface area contributed by atoms with Crippen molar-refractivity contribution in [1.29, 1.82) is 0 Å². The number of ether oxygens (including phenoxy) is 1. The normalized spacial score (nSPS) is 10.8. The van der Waals surface area contributed by atoms with E-state index in [0.717, 1.165) is 21.3 Å². The lowest BCUT2D eigenvalue weighted by atomic mass is 10.1. The van der Waals surface area contributed by atoms with E-state index in [4.69, 9.17) is 21.9 Å². The molecule has 8 nitrogen and oxygen atoms in total. The third-order valence-electron chi connectivity index (χ3n) is 4.40. The fraction of sp³-hybridized carbons (Fsp3) is 0.286. The lowest BCUT2D eigenvalue weighted by Gasteiger charge is -2.13. The number of hydrogen-bond donors (Lipinski definition) is 1. The van der Waals surface area contributed by atoms with Crippen molar-refractivity contribution in [1.82, 2.24) is 19.9 Å². The Kier molecular flexibility index (Phi) is 7.59. The first-order valence-electron chi connectivity index (χ1n) is 9.65.